The van der Waals surface area contributed by atoms with Gasteiger partial charge >= 0.3 is 0 Å². The first-order valence-electron chi connectivity index (χ1n) is 6.55. The predicted octanol–water partition coefficient (Wildman–Crippen LogP) is 2.82. The van der Waals surface area contributed by atoms with Gasteiger partial charge in [-0.15, -0.1) is 0 Å². The molecular weight excluding hydrogens is 255 g/mol. The number of hydrogen-bond donors (Lipinski definition) is 1. The highest BCUT2D eigenvalue weighted by Gasteiger charge is 2.17. The summed E-state index contributed by atoms with van der Waals surface area (Å²) in [5, 5.41) is 0. The lowest BCUT2D eigenvalue weighted by Gasteiger charge is -2.22. The molecule has 0 spiro atoms. The quantitative estimate of drug-likeness (QED) is 0.909. The molecule has 2 aromatic carbocycles. The van der Waals surface area contributed by atoms with Crippen LogP contribution in [-0.2, 0) is 0 Å². The Bertz CT molecular complexity index is 572. The summed E-state index contributed by atoms with van der Waals surface area (Å²) in [5.74, 6) is -0.509. The average Bonchev–Trinajstić information content (AvgIpc) is 2.48. The maximum Gasteiger partial charge on any atom is 0.258 e. The molecule has 0 aliphatic rings. The van der Waals surface area contributed by atoms with Crippen LogP contribution in [0.15, 0.2) is 54.6 Å². The zero-order chi connectivity index (χ0) is 14.4. The largest absolute Gasteiger partial charge is 0.330 e. The number of hydrogen-bond acceptors (Lipinski definition) is 2. The summed E-state index contributed by atoms with van der Waals surface area (Å²) in [7, 11) is 0. The first kappa shape index (κ1) is 14.2. The SMILES string of the molecule is NCCCN(C(=O)c1ccccc1)c1cccc(F)c1. The van der Waals surface area contributed by atoms with Crippen LogP contribution < -0.4 is 10.6 Å². The second kappa shape index (κ2) is 6.82. The highest BCUT2D eigenvalue weighted by atomic mass is 19.1. The first-order chi connectivity index (χ1) is 9.72. The molecule has 3 nitrogen and oxygen atoms in total. The molecule has 1 amide bonds. The van der Waals surface area contributed by atoms with Gasteiger partial charge in [0.1, 0.15) is 5.82 Å². The van der Waals surface area contributed by atoms with Crippen LogP contribution in [0.3, 0.4) is 0 Å². The molecule has 0 unspecified atom stereocenters. The summed E-state index contributed by atoms with van der Waals surface area (Å²) in [6, 6.07) is 15.0. The molecular formula is C16H17FN2O. The standard InChI is InChI=1S/C16H17FN2O/c17-14-8-4-9-15(12-14)19(11-5-10-18)16(20)13-6-2-1-3-7-13/h1-4,6-9,12H,5,10-11,18H2. The fraction of sp³-hybridized carbons (Fsp3) is 0.188. The molecule has 0 radical (unpaired) electrons. The van der Waals surface area contributed by atoms with Crippen molar-refractivity contribution in [1.82, 2.24) is 0 Å². The molecule has 2 N–H and O–H groups in total. The summed E-state index contributed by atoms with van der Waals surface area (Å²) >= 11 is 0. The second-order valence-corrected chi connectivity index (χ2v) is 4.44. The van der Waals surface area contributed by atoms with E-state index in [2.05, 4.69) is 0 Å². The van der Waals surface area contributed by atoms with E-state index in [1.807, 2.05) is 6.07 Å². The smallest absolute Gasteiger partial charge is 0.258 e. The van der Waals surface area contributed by atoms with E-state index in [1.54, 1.807) is 41.3 Å². The Labute approximate surface area is 117 Å². The van der Waals surface area contributed by atoms with Gasteiger partial charge in [0.15, 0.2) is 0 Å². The molecule has 4 heteroatoms. The number of amides is 1. The summed E-state index contributed by atoms with van der Waals surface area (Å²) in [4.78, 5) is 14.1. The van der Waals surface area contributed by atoms with Gasteiger partial charge in [-0.2, -0.15) is 0 Å². The number of anilines is 1. The molecule has 0 fully saturated rings. The predicted molar refractivity (Wildman–Crippen MR) is 78.2 cm³/mol. The molecule has 2 rings (SSSR count). The molecule has 2 aromatic rings. The van der Waals surface area contributed by atoms with Crippen molar-refractivity contribution in [3.8, 4) is 0 Å². The van der Waals surface area contributed by atoms with E-state index < -0.39 is 0 Å². The second-order valence-electron chi connectivity index (χ2n) is 4.44. The fourth-order valence-corrected chi connectivity index (χ4v) is 1.98. The van der Waals surface area contributed by atoms with Crippen molar-refractivity contribution in [1.29, 1.82) is 0 Å². The van der Waals surface area contributed by atoms with E-state index in [4.69, 9.17) is 5.73 Å². The summed E-state index contributed by atoms with van der Waals surface area (Å²) in [6.45, 7) is 0.946. The molecule has 0 atom stereocenters. The van der Waals surface area contributed by atoms with Crippen LogP contribution >= 0.6 is 0 Å². The molecule has 20 heavy (non-hydrogen) atoms. The normalized spacial score (nSPS) is 10.3. The van der Waals surface area contributed by atoms with E-state index >= 15 is 0 Å². The summed E-state index contributed by atoms with van der Waals surface area (Å²) in [5.41, 5.74) is 6.64. The Morgan fingerprint density at radius 2 is 1.85 bits per heavy atom. The molecule has 0 saturated carbocycles. The summed E-state index contributed by atoms with van der Waals surface area (Å²) in [6.07, 6.45) is 0.662. The highest BCUT2D eigenvalue weighted by molar-refractivity contribution is 6.06. The van der Waals surface area contributed by atoms with Gasteiger partial charge in [0.05, 0.1) is 0 Å². The minimum atomic E-state index is -0.360. The van der Waals surface area contributed by atoms with Crippen LogP contribution in [0, 0.1) is 5.82 Å². The van der Waals surface area contributed by atoms with Crippen LogP contribution in [-0.4, -0.2) is 19.0 Å². The van der Waals surface area contributed by atoms with Crippen LogP contribution in [0.25, 0.3) is 0 Å². The minimum absolute atomic E-state index is 0.148. The van der Waals surface area contributed by atoms with Crippen LogP contribution in [0.4, 0.5) is 10.1 Å². The highest BCUT2D eigenvalue weighted by Crippen LogP contribution is 2.18. The fourth-order valence-electron chi connectivity index (χ4n) is 1.98. The van der Waals surface area contributed by atoms with Crippen molar-refractivity contribution < 1.29 is 9.18 Å². The number of carbonyl (C=O) groups is 1. The van der Waals surface area contributed by atoms with Crippen LogP contribution in [0.2, 0.25) is 0 Å². The molecule has 0 bridgehead atoms. The van der Waals surface area contributed by atoms with E-state index in [0.717, 1.165) is 0 Å². The number of rotatable bonds is 5. The Morgan fingerprint density at radius 1 is 1.10 bits per heavy atom. The number of halogens is 1. The number of nitrogens with two attached hydrogens (primary N) is 1. The van der Waals surface area contributed by atoms with Crippen molar-refractivity contribution in [3.63, 3.8) is 0 Å². The van der Waals surface area contributed by atoms with Gasteiger partial charge in [-0.3, -0.25) is 4.79 Å². The third-order valence-electron chi connectivity index (χ3n) is 2.97. The van der Waals surface area contributed by atoms with Crippen LogP contribution in [0.5, 0.6) is 0 Å². The van der Waals surface area contributed by atoms with Crippen molar-refractivity contribution in [2.75, 3.05) is 18.0 Å². The van der Waals surface area contributed by atoms with Crippen molar-refractivity contribution in [3.05, 3.63) is 66.0 Å². The monoisotopic (exact) mass is 272 g/mol. The Hall–Kier alpha value is -2.20. The molecule has 0 aliphatic carbocycles. The van der Waals surface area contributed by atoms with Gasteiger partial charge in [-0.05, 0) is 43.3 Å². The van der Waals surface area contributed by atoms with Crippen molar-refractivity contribution in [2.45, 2.75) is 6.42 Å². The van der Waals surface area contributed by atoms with Gasteiger partial charge < -0.3 is 10.6 Å². The Kier molecular flexibility index (Phi) is 4.85. The lowest BCUT2D eigenvalue weighted by molar-refractivity contribution is 0.0987. The average molecular weight is 272 g/mol. The van der Waals surface area contributed by atoms with Crippen LogP contribution in [0.1, 0.15) is 16.8 Å². The first-order valence-corrected chi connectivity index (χ1v) is 6.55. The molecule has 0 aliphatic heterocycles. The van der Waals surface area contributed by atoms with Crippen molar-refractivity contribution >= 4 is 11.6 Å². The van der Waals surface area contributed by atoms with Crippen molar-refractivity contribution in [2.24, 2.45) is 5.73 Å². The number of nitrogens with zero attached hydrogens (tertiary/aromatic N) is 1. The maximum atomic E-state index is 13.4. The van der Waals surface area contributed by atoms with E-state index in [0.29, 0.717) is 30.8 Å². The zero-order valence-electron chi connectivity index (χ0n) is 11.1. The third kappa shape index (κ3) is 3.42. The summed E-state index contributed by atoms with van der Waals surface area (Å²) < 4.78 is 13.4. The van der Waals surface area contributed by atoms with Gasteiger partial charge in [-0.25, -0.2) is 4.39 Å². The maximum absolute atomic E-state index is 13.4. The Balaban J connectivity index is 2.30. The topological polar surface area (TPSA) is 46.3 Å². The third-order valence-corrected chi connectivity index (χ3v) is 2.97. The van der Waals surface area contributed by atoms with E-state index in [1.165, 1.54) is 12.1 Å². The zero-order valence-corrected chi connectivity index (χ0v) is 11.1. The molecule has 0 saturated heterocycles. The molecule has 104 valence electrons. The van der Waals surface area contributed by atoms with Gasteiger partial charge in [0, 0.05) is 17.8 Å². The van der Waals surface area contributed by atoms with Gasteiger partial charge in [-0.1, -0.05) is 24.3 Å². The van der Waals surface area contributed by atoms with E-state index in [9.17, 15) is 9.18 Å². The lowest BCUT2D eigenvalue weighted by atomic mass is 10.1. The molecule has 0 aromatic heterocycles. The van der Waals surface area contributed by atoms with Gasteiger partial charge in [0.2, 0.25) is 0 Å². The minimum Gasteiger partial charge on any atom is -0.330 e. The van der Waals surface area contributed by atoms with Gasteiger partial charge in [0.25, 0.3) is 5.91 Å². The number of carbonyl (C=O) groups excluding carboxylic acids is 1. The van der Waals surface area contributed by atoms with E-state index in [-0.39, 0.29) is 11.7 Å². The Morgan fingerprint density at radius 3 is 2.50 bits per heavy atom. The lowest BCUT2D eigenvalue weighted by Crippen LogP contribution is -2.33. The molecule has 0 heterocycles. The number of benzene rings is 2.